The van der Waals surface area contributed by atoms with Crippen LogP contribution >= 0.6 is 35.0 Å². The normalized spacial score (nSPS) is 21.5. The minimum Gasteiger partial charge on any atom is -0.396 e. The summed E-state index contributed by atoms with van der Waals surface area (Å²) in [4.78, 5) is 0.0230. The molecule has 0 amide bonds. The van der Waals surface area contributed by atoms with Gasteiger partial charge in [0.05, 0.1) is 15.7 Å². The van der Waals surface area contributed by atoms with Crippen molar-refractivity contribution in [2.75, 3.05) is 23.8 Å². The van der Waals surface area contributed by atoms with Crippen LogP contribution in [0.25, 0.3) is 0 Å². The van der Waals surface area contributed by atoms with E-state index in [-0.39, 0.29) is 26.7 Å². The van der Waals surface area contributed by atoms with Gasteiger partial charge in [-0.3, -0.25) is 0 Å². The van der Waals surface area contributed by atoms with Crippen LogP contribution in [0.15, 0.2) is 17.0 Å². The van der Waals surface area contributed by atoms with E-state index < -0.39 is 10.0 Å². The van der Waals surface area contributed by atoms with Crippen LogP contribution in [0.2, 0.25) is 10.0 Å². The van der Waals surface area contributed by atoms with Gasteiger partial charge in [0.1, 0.15) is 4.90 Å². The first-order valence-corrected chi connectivity index (χ1v) is 9.04. The standard InChI is InChI=1S/C11H14Cl2N2O2S2/c1-7-6-18-5-4-15(7)19(16,17)9-3-2-8(12)11(14)10(9)13/h2-3,7H,4-6,14H2,1H3. The lowest BCUT2D eigenvalue weighted by Crippen LogP contribution is -2.44. The van der Waals surface area contributed by atoms with Crippen LogP contribution in [0.1, 0.15) is 6.92 Å². The van der Waals surface area contributed by atoms with E-state index in [9.17, 15) is 8.42 Å². The number of rotatable bonds is 2. The molecular formula is C11H14Cl2N2O2S2. The topological polar surface area (TPSA) is 63.4 Å². The van der Waals surface area contributed by atoms with E-state index in [4.69, 9.17) is 28.9 Å². The lowest BCUT2D eigenvalue weighted by Gasteiger charge is -2.32. The highest BCUT2D eigenvalue weighted by Crippen LogP contribution is 2.35. The van der Waals surface area contributed by atoms with Gasteiger partial charge in [0.2, 0.25) is 10.0 Å². The average molecular weight is 341 g/mol. The fraction of sp³-hybridized carbons (Fsp3) is 0.455. The third-order valence-corrected chi connectivity index (χ3v) is 7.08. The molecule has 1 unspecified atom stereocenters. The molecule has 1 atom stereocenters. The Balaban J connectivity index is 2.48. The molecule has 2 rings (SSSR count). The number of sulfonamides is 1. The van der Waals surface area contributed by atoms with Crippen LogP contribution in [0, 0.1) is 0 Å². The molecule has 19 heavy (non-hydrogen) atoms. The van der Waals surface area contributed by atoms with E-state index in [0.717, 1.165) is 11.5 Å². The number of benzene rings is 1. The zero-order valence-electron chi connectivity index (χ0n) is 10.3. The number of anilines is 1. The lowest BCUT2D eigenvalue weighted by molar-refractivity contribution is 0.367. The third kappa shape index (κ3) is 2.83. The molecule has 0 aliphatic carbocycles. The maximum absolute atomic E-state index is 12.6. The van der Waals surface area contributed by atoms with Crippen molar-refractivity contribution in [2.24, 2.45) is 0 Å². The summed E-state index contributed by atoms with van der Waals surface area (Å²) in [5, 5.41) is 0.254. The fourth-order valence-electron chi connectivity index (χ4n) is 1.94. The van der Waals surface area contributed by atoms with Gasteiger partial charge in [0, 0.05) is 24.1 Å². The third-order valence-electron chi connectivity index (χ3n) is 2.98. The number of nitrogen functional groups attached to an aromatic ring is 1. The maximum atomic E-state index is 12.6. The van der Waals surface area contributed by atoms with Crippen molar-refractivity contribution in [3.63, 3.8) is 0 Å². The fourth-order valence-corrected chi connectivity index (χ4v) is 5.54. The first-order valence-electron chi connectivity index (χ1n) is 5.68. The SMILES string of the molecule is CC1CSCCN1S(=O)(=O)c1ccc(Cl)c(N)c1Cl. The second-order valence-electron chi connectivity index (χ2n) is 4.31. The first-order chi connectivity index (χ1) is 8.85. The van der Waals surface area contributed by atoms with E-state index >= 15 is 0 Å². The van der Waals surface area contributed by atoms with Crippen LogP contribution in [0.3, 0.4) is 0 Å². The number of hydrogen-bond donors (Lipinski definition) is 1. The molecule has 1 aliphatic heterocycles. The second-order valence-corrected chi connectivity index (χ2v) is 8.11. The van der Waals surface area contributed by atoms with Crippen LogP contribution in [0.4, 0.5) is 5.69 Å². The van der Waals surface area contributed by atoms with Crippen LogP contribution in [0.5, 0.6) is 0 Å². The minimum absolute atomic E-state index is 0.00192. The summed E-state index contributed by atoms with van der Waals surface area (Å²) in [5.41, 5.74) is 5.79. The molecule has 0 saturated carbocycles. The molecule has 0 radical (unpaired) electrons. The van der Waals surface area contributed by atoms with Crippen molar-refractivity contribution in [3.8, 4) is 0 Å². The quantitative estimate of drug-likeness (QED) is 0.840. The number of nitrogens with two attached hydrogens (primary N) is 1. The van der Waals surface area contributed by atoms with Crippen molar-refractivity contribution in [1.29, 1.82) is 0 Å². The molecule has 1 aromatic rings. The van der Waals surface area contributed by atoms with E-state index in [1.807, 2.05) is 6.92 Å². The van der Waals surface area contributed by atoms with Crippen molar-refractivity contribution in [1.82, 2.24) is 4.31 Å². The highest BCUT2D eigenvalue weighted by molar-refractivity contribution is 7.99. The number of halogens is 2. The molecule has 8 heteroatoms. The summed E-state index contributed by atoms with van der Waals surface area (Å²) in [7, 11) is -3.63. The van der Waals surface area contributed by atoms with Gasteiger partial charge in [-0.25, -0.2) is 8.42 Å². The summed E-state index contributed by atoms with van der Waals surface area (Å²) in [6.07, 6.45) is 0. The van der Waals surface area contributed by atoms with Gasteiger partial charge < -0.3 is 5.73 Å². The predicted molar refractivity (Wildman–Crippen MR) is 81.6 cm³/mol. The molecule has 1 aromatic carbocycles. The molecular weight excluding hydrogens is 327 g/mol. The monoisotopic (exact) mass is 340 g/mol. The minimum atomic E-state index is -3.63. The first kappa shape index (κ1) is 15.3. The van der Waals surface area contributed by atoms with Gasteiger partial charge >= 0.3 is 0 Å². The van der Waals surface area contributed by atoms with E-state index in [2.05, 4.69) is 0 Å². The Morgan fingerprint density at radius 2 is 2.11 bits per heavy atom. The lowest BCUT2D eigenvalue weighted by atomic mass is 10.3. The molecule has 1 saturated heterocycles. The van der Waals surface area contributed by atoms with Gasteiger partial charge in [-0.15, -0.1) is 0 Å². The molecule has 1 fully saturated rings. The van der Waals surface area contributed by atoms with E-state index in [1.165, 1.54) is 16.4 Å². The molecule has 106 valence electrons. The van der Waals surface area contributed by atoms with Gasteiger partial charge in [-0.05, 0) is 19.1 Å². The molecule has 4 nitrogen and oxygen atoms in total. The summed E-state index contributed by atoms with van der Waals surface area (Å²) in [6, 6.07) is 2.81. The summed E-state index contributed by atoms with van der Waals surface area (Å²) in [6.45, 7) is 2.36. The van der Waals surface area contributed by atoms with Gasteiger partial charge in [0.25, 0.3) is 0 Å². The molecule has 1 aliphatic rings. The Hall–Kier alpha value is -0.140. The van der Waals surface area contributed by atoms with Crippen LogP contribution in [-0.2, 0) is 10.0 Å². The van der Waals surface area contributed by atoms with Crippen molar-refractivity contribution >= 4 is 50.7 Å². The Kier molecular flexibility index (Phi) is 4.57. The average Bonchev–Trinajstić information content (AvgIpc) is 2.36. The summed E-state index contributed by atoms with van der Waals surface area (Å²) >= 11 is 13.6. The zero-order valence-corrected chi connectivity index (χ0v) is 13.4. The van der Waals surface area contributed by atoms with Crippen LogP contribution in [-0.4, -0.2) is 36.8 Å². The van der Waals surface area contributed by atoms with Gasteiger partial charge in [-0.1, -0.05) is 23.2 Å². The molecule has 0 bridgehead atoms. The number of nitrogens with zero attached hydrogens (tertiary/aromatic N) is 1. The summed E-state index contributed by atoms with van der Waals surface area (Å²) < 4.78 is 26.7. The predicted octanol–water partition coefficient (Wildman–Crippen LogP) is 2.70. The van der Waals surface area contributed by atoms with Crippen molar-refractivity contribution < 1.29 is 8.42 Å². The van der Waals surface area contributed by atoms with Gasteiger partial charge in [-0.2, -0.15) is 16.1 Å². The molecule has 1 heterocycles. The Morgan fingerprint density at radius 3 is 2.74 bits per heavy atom. The number of hydrogen-bond acceptors (Lipinski definition) is 4. The highest BCUT2D eigenvalue weighted by atomic mass is 35.5. The Labute approximate surface area is 127 Å². The number of thioether (sulfide) groups is 1. The molecule has 0 spiro atoms. The largest absolute Gasteiger partial charge is 0.396 e. The van der Waals surface area contributed by atoms with E-state index in [1.54, 1.807) is 11.8 Å². The molecule has 2 N–H and O–H groups in total. The molecule has 0 aromatic heterocycles. The van der Waals surface area contributed by atoms with Crippen molar-refractivity contribution in [3.05, 3.63) is 22.2 Å². The highest BCUT2D eigenvalue weighted by Gasteiger charge is 2.33. The smallest absolute Gasteiger partial charge is 0.244 e. The Morgan fingerprint density at radius 1 is 1.42 bits per heavy atom. The van der Waals surface area contributed by atoms with E-state index in [0.29, 0.717) is 6.54 Å². The summed E-state index contributed by atoms with van der Waals surface area (Å²) in [5.74, 6) is 1.56. The second kappa shape index (κ2) is 5.69. The van der Waals surface area contributed by atoms with Gasteiger partial charge in [0.15, 0.2) is 0 Å². The zero-order chi connectivity index (χ0) is 14.2. The maximum Gasteiger partial charge on any atom is 0.244 e. The van der Waals surface area contributed by atoms with Crippen LogP contribution < -0.4 is 5.73 Å². The van der Waals surface area contributed by atoms with Crippen molar-refractivity contribution in [2.45, 2.75) is 17.9 Å². The Bertz CT molecular complexity index is 593.